The standard InChI is InChI=1S/C19H19N5/c1-14-5-2-3-7-17(14)23-12-16-6-4-10-22(16)19(23)15-8-9-18-20-13-21-24(18)11-15/h2-3,5,7-9,11-13,19H,4,6,10H2,1H3. The Balaban J connectivity index is 1.64. The maximum atomic E-state index is 4.30. The molecule has 2 aromatic heterocycles. The number of benzene rings is 1. The molecule has 5 rings (SSSR count). The Hall–Kier alpha value is -2.82. The number of aromatic nitrogens is 3. The highest BCUT2D eigenvalue weighted by Crippen LogP contribution is 2.43. The fourth-order valence-corrected chi connectivity index (χ4v) is 3.90. The van der Waals surface area contributed by atoms with Gasteiger partial charge in [-0.25, -0.2) is 9.50 Å². The lowest BCUT2D eigenvalue weighted by Crippen LogP contribution is -2.31. The number of hydrogen-bond donors (Lipinski definition) is 0. The molecule has 1 unspecified atom stereocenters. The van der Waals surface area contributed by atoms with E-state index in [1.165, 1.54) is 28.9 Å². The van der Waals surface area contributed by atoms with Crippen LogP contribution in [0.1, 0.15) is 30.1 Å². The van der Waals surface area contributed by atoms with E-state index in [4.69, 9.17) is 0 Å². The minimum Gasteiger partial charge on any atom is -0.349 e. The average Bonchev–Trinajstić information content (AvgIpc) is 3.29. The Bertz CT molecular complexity index is 942. The van der Waals surface area contributed by atoms with Crippen molar-refractivity contribution in [3.63, 3.8) is 0 Å². The molecule has 3 aromatic rings. The summed E-state index contributed by atoms with van der Waals surface area (Å²) in [7, 11) is 0. The van der Waals surface area contributed by atoms with Crippen LogP contribution in [0.4, 0.5) is 5.69 Å². The fraction of sp³-hybridized carbons (Fsp3) is 0.263. The van der Waals surface area contributed by atoms with Gasteiger partial charge in [-0.2, -0.15) is 5.10 Å². The van der Waals surface area contributed by atoms with Crippen molar-refractivity contribution in [1.82, 2.24) is 19.5 Å². The van der Waals surface area contributed by atoms with Crippen LogP contribution in [0.3, 0.4) is 0 Å². The van der Waals surface area contributed by atoms with E-state index in [-0.39, 0.29) is 6.17 Å². The summed E-state index contributed by atoms with van der Waals surface area (Å²) in [6.07, 6.45) is 8.61. The summed E-state index contributed by atoms with van der Waals surface area (Å²) in [4.78, 5) is 9.18. The topological polar surface area (TPSA) is 36.7 Å². The van der Waals surface area contributed by atoms with Gasteiger partial charge in [0.2, 0.25) is 0 Å². The van der Waals surface area contributed by atoms with Crippen LogP contribution in [-0.2, 0) is 0 Å². The zero-order valence-electron chi connectivity index (χ0n) is 13.6. The van der Waals surface area contributed by atoms with Gasteiger partial charge in [0.05, 0.1) is 0 Å². The number of nitrogens with zero attached hydrogens (tertiary/aromatic N) is 5. The van der Waals surface area contributed by atoms with Gasteiger partial charge in [-0.3, -0.25) is 0 Å². The molecule has 5 heteroatoms. The number of hydrogen-bond acceptors (Lipinski definition) is 4. The molecule has 24 heavy (non-hydrogen) atoms. The van der Waals surface area contributed by atoms with Crippen molar-refractivity contribution < 1.29 is 0 Å². The first-order chi connectivity index (χ1) is 11.8. The number of para-hydroxylation sites is 1. The first-order valence-electron chi connectivity index (χ1n) is 8.42. The summed E-state index contributed by atoms with van der Waals surface area (Å²) >= 11 is 0. The lowest BCUT2D eigenvalue weighted by Gasteiger charge is -2.33. The molecule has 0 radical (unpaired) electrons. The van der Waals surface area contributed by atoms with E-state index in [0.717, 1.165) is 18.6 Å². The third kappa shape index (κ3) is 1.94. The Morgan fingerprint density at radius 1 is 1.12 bits per heavy atom. The molecule has 0 N–H and O–H groups in total. The third-order valence-corrected chi connectivity index (χ3v) is 5.04. The molecule has 2 aliphatic rings. The predicted molar refractivity (Wildman–Crippen MR) is 93.4 cm³/mol. The van der Waals surface area contributed by atoms with Crippen LogP contribution in [0.5, 0.6) is 0 Å². The predicted octanol–water partition coefficient (Wildman–Crippen LogP) is 3.49. The Kier molecular flexibility index (Phi) is 2.89. The number of fused-ring (bicyclic) bond motifs is 2. The van der Waals surface area contributed by atoms with Gasteiger partial charge in [-0.1, -0.05) is 18.2 Å². The second-order valence-corrected chi connectivity index (χ2v) is 6.51. The van der Waals surface area contributed by atoms with Crippen molar-refractivity contribution >= 4 is 11.3 Å². The second kappa shape index (κ2) is 5.09. The summed E-state index contributed by atoms with van der Waals surface area (Å²) in [6, 6.07) is 12.8. The molecule has 0 bridgehead atoms. The SMILES string of the molecule is Cc1ccccc1N1C=C2CCCN2C1c1ccc2ncnn2c1. The second-order valence-electron chi connectivity index (χ2n) is 6.51. The summed E-state index contributed by atoms with van der Waals surface area (Å²) < 4.78 is 1.86. The van der Waals surface area contributed by atoms with E-state index >= 15 is 0 Å². The van der Waals surface area contributed by atoms with Crippen molar-refractivity contribution in [2.24, 2.45) is 0 Å². The van der Waals surface area contributed by atoms with Crippen LogP contribution in [0.25, 0.3) is 5.65 Å². The van der Waals surface area contributed by atoms with Crippen LogP contribution >= 0.6 is 0 Å². The molecule has 5 nitrogen and oxygen atoms in total. The first kappa shape index (κ1) is 13.6. The maximum absolute atomic E-state index is 4.30. The van der Waals surface area contributed by atoms with E-state index in [1.807, 2.05) is 10.6 Å². The molecule has 120 valence electrons. The molecule has 0 amide bonds. The largest absolute Gasteiger partial charge is 0.349 e. The molecule has 1 atom stereocenters. The Morgan fingerprint density at radius 2 is 2.04 bits per heavy atom. The number of allylic oxidation sites excluding steroid dienone is 1. The Labute approximate surface area is 140 Å². The average molecular weight is 317 g/mol. The third-order valence-electron chi connectivity index (χ3n) is 5.04. The van der Waals surface area contributed by atoms with Gasteiger partial charge < -0.3 is 9.80 Å². The monoisotopic (exact) mass is 317 g/mol. The van der Waals surface area contributed by atoms with Crippen LogP contribution in [0.2, 0.25) is 0 Å². The first-order valence-corrected chi connectivity index (χ1v) is 8.42. The summed E-state index contributed by atoms with van der Waals surface area (Å²) in [6.45, 7) is 3.28. The van der Waals surface area contributed by atoms with Gasteiger partial charge in [0, 0.05) is 35.9 Å². The normalized spacial score (nSPS) is 19.9. The van der Waals surface area contributed by atoms with E-state index in [9.17, 15) is 0 Å². The Morgan fingerprint density at radius 3 is 2.96 bits per heavy atom. The molecule has 1 saturated heterocycles. The van der Waals surface area contributed by atoms with E-state index in [2.05, 4.69) is 69.5 Å². The highest BCUT2D eigenvalue weighted by Gasteiger charge is 2.37. The summed E-state index contributed by atoms with van der Waals surface area (Å²) in [5, 5.41) is 4.30. The van der Waals surface area contributed by atoms with Gasteiger partial charge in [-0.15, -0.1) is 0 Å². The summed E-state index contributed by atoms with van der Waals surface area (Å²) in [5.74, 6) is 0. The molecule has 0 aliphatic carbocycles. The smallest absolute Gasteiger partial charge is 0.155 e. The van der Waals surface area contributed by atoms with Crippen molar-refractivity contribution in [2.45, 2.75) is 25.9 Å². The zero-order chi connectivity index (χ0) is 16.1. The lowest BCUT2D eigenvalue weighted by atomic mass is 10.1. The minimum absolute atomic E-state index is 0.192. The molecule has 0 saturated carbocycles. The number of pyridine rings is 1. The molecular formula is C19H19N5. The van der Waals surface area contributed by atoms with Gasteiger partial charge in [-0.05, 0) is 43.5 Å². The highest BCUT2D eigenvalue weighted by molar-refractivity contribution is 5.59. The van der Waals surface area contributed by atoms with Gasteiger partial charge in [0.25, 0.3) is 0 Å². The van der Waals surface area contributed by atoms with Crippen LogP contribution < -0.4 is 4.90 Å². The fourth-order valence-electron chi connectivity index (χ4n) is 3.90. The van der Waals surface area contributed by atoms with Gasteiger partial charge in [0.1, 0.15) is 12.5 Å². The number of anilines is 1. The van der Waals surface area contributed by atoms with Crippen LogP contribution in [0.15, 0.2) is 60.8 Å². The molecule has 2 aliphatic heterocycles. The van der Waals surface area contributed by atoms with E-state index in [0.29, 0.717) is 0 Å². The van der Waals surface area contributed by atoms with Crippen LogP contribution in [-0.4, -0.2) is 26.0 Å². The number of aryl methyl sites for hydroxylation is 1. The van der Waals surface area contributed by atoms with E-state index in [1.54, 1.807) is 6.33 Å². The van der Waals surface area contributed by atoms with Crippen molar-refractivity contribution in [3.05, 3.63) is 71.9 Å². The molecular weight excluding hydrogens is 298 g/mol. The van der Waals surface area contributed by atoms with Crippen LogP contribution in [0, 0.1) is 6.92 Å². The van der Waals surface area contributed by atoms with Gasteiger partial charge in [0.15, 0.2) is 5.65 Å². The quantitative estimate of drug-likeness (QED) is 0.725. The summed E-state index contributed by atoms with van der Waals surface area (Å²) in [5.41, 5.74) is 6.12. The van der Waals surface area contributed by atoms with Crippen molar-refractivity contribution in [2.75, 3.05) is 11.4 Å². The molecule has 1 fully saturated rings. The van der Waals surface area contributed by atoms with E-state index < -0.39 is 0 Å². The molecule has 1 aromatic carbocycles. The highest BCUT2D eigenvalue weighted by atomic mass is 15.4. The minimum atomic E-state index is 0.192. The maximum Gasteiger partial charge on any atom is 0.155 e. The zero-order valence-corrected chi connectivity index (χ0v) is 13.6. The van der Waals surface area contributed by atoms with Gasteiger partial charge >= 0.3 is 0 Å². The lowest BCUT2D eigenvalue weighted by molar-refractivity contribution is 0.318. The molecule has 4 heterocycles. The number of rotatable bonds is 2. The molecule has 0 spiro atoms. The van der Waals surface area contributed by atoms with Crippen molar-refractivity contribution in [1.29, 1.82) is 0 Å². The van der Waals surface area contributed by atoms with Crippen molar-refractivity contribution in [3.8, 4) is 0 Å².